The highest BCUT2D eigenvalue weighted by molar-refractivity contribution is 6.42. The molecule has 1 aliphatic rings. The Morgan fingerprint density at radius 1 is 1.29 bits per heavy atom. The minimum Gasteiger partial charge on any atom is -0.388 e. The Kier molecular flexibility index (Phi) is 7.03. The monoisotopic (exact) mass is 374 g/mol. The van der Waals surface area contributed by atoms with Crippen LogP contribution in [0.5, 0.6) is 0 Å². The molecule has 0 aliphatic carbocycles. The SMILES string of the molecule is C=CCNC(=O)[C@H]1O[C@H](CNCc2ccc(Cl)c(Cl)c2)[C@@H](O)[C@@H]1O. The van der Waals surface area contributed by atoms with Crippen LogP contribution in [0.3, 0.4) is 0 Å². The second-order valence-corrected chi connectivity index (χ2v) is 6.30. The van der Waals surface area contributed by atoms with Gasteiger partial charge in [0, 0.05) is 19.6 Å². The molecule has 132 valence electrons. The average Bonchev–Trinajstić information content (AvgIpc) is 2.84. The van der Waals surface area contributed by atoms with Crippen LogP contribution in [0.2, 0.25) is 10.0 Å². The number of aliphatic hydroxyl groups is 2. The van der Waals surface area contributed by atoms with Crippen molar-refractivity contribution in [2.24, 2.45) is 0 Å². The van der Waals surface area contributed by atoms with Gasteiger partial charge in [0.25, 0.3) is 5.91 Å². The lowest BCUT2D eigenvalue weighted by Gasteiger charge is -2.15. The number of ether oxygens (including phenoxy) is 1. The molecule has 4 atom stereocenters. The Balaban J connectivity index is 1.85. The van der Waals surface area contributed by atoms with Crippen molar-refractivity contribution in [2.75, 3.05) is 13.1 Å². The molecule has 1 amide bonds. The standard InChI is InChI=1S/C16H20Cl2N2O4/c1-2-5-20-16(23)15-14(22)13(21)12(24-15)8-19-7-9-3-4-10(17)11(18)6-9/h2-4,6,12-15,19,21-22H,1,5,7-8H2,(H,20,23)/t12-,13-,14+,15+/m1/s1. The summed E-state index contributed by atoms with van der Waals surface area (Å²) in [6, 6.07) is 5.27. The highest BCUT2D eigenvalue weighted by atomic mass is 35.5. The zero-order valence-corrected chi connectivity index (χ0v) is 14.4. The topological polar surface area (TPSA) is 90.8 Å². The molecular weight excluding hydrogens is 355 g/mol. The average molecular weight is 375 g/mol. The van der Waals surface area contributed by atoms with Gasteiger partial charge >= 0.3 is 0 Å². The van der Waals surface area contributed by atoms with Crippen LogP contribution in [0.4, 0.5) is 0 Å². The number of nitrogens with one attached hydrogen (secondary N) is 2. The van der Waals surface area contributed by atoms with E-state index < -0.39 is 30.3 Å². The molecular formula is C16H20Cl2N2O4. The normalized spacial score (nSPS) is 26.3. The summed E-state index contributed by atoms with van der Waals surface area (Å²) >= 11 is 11.8. The predicted molar refractivity (Wildman–Crippen MR) is 92.1 cm³/mol. The molecule has 0 bridgehead atoms. The van der Waals surface area contributed by atoms with Crippen molar-refractivity contribution in [3.63, 3.8) is 0 Å². The molecule has 4 N–H and O–H groups in total. The second kappa shape index (κ2) is 8.80. The van der Waals surface area contributed by atoms with E-state index in [1.165, 1.54) is 6.08 Å². The Labute approximate surface area is 150 Å². The Morgan fingerprint density at radius 3 is 2.71 bits per heavy atom. The first kappa shape index (κ1) is 19.2. The van der Waals surface area contributed by atoms with Crippen molar-refractivity contribution in [2.45, 2.75) is 31.0 Å². The van der Waals surface area contributed by atoms with E-state index in [4.69, 9.17) is 27.9 Å². The molecule has 0 radical (unpaired) electrons. The zero-order valence-electron chi connectivity index (χ0n) is 12.9. The van der Waals surface area contributed by atoms with Crippen LogP contribution in [0.1, 0.15) is 5.56 Å². The maximum Gasteiger partial charge on any atom is 0.252 e. The van der Waals surface area contributed by atoms with E-state index in [1.807, 2.05) is 6.07 Å². The lowest BCUT2D eigenvalue weighted by atomic mass is 10.1. The number of hydrogen-bond donors (Lipinski definition) is 4. The summed E-state index contributed by atoms with van der Waals surface area (Å²) in [7, 11) is 0. The minimum atomic E-state index is -1.27. The number of rotatable bonds is 7. The van der Waals surface area contributed by atoms with Gasteiger partial charge in [-0.1, -0.05) is 35.3 Å². The molecule has 0 unspecified atom stereocenters. The summed E-state index contributed by atoms with van der Waals surface area (Å²) in [6.45, 7) is 4.51. The fourth-order valence-corrected chi connectivity index (χ4v) is 2.74. The van der Waals surface area contributed by atoms with Gasteiger partial charge in [0.05, 0.1) is 16.1 Å². The molecule has 6 nitrogen and oxygen atoms in total. The third-order valence-corrected chi connectivity index (χ3v) is 4.44. The maximum atomic E-state index is 11.9. The molecule has 1 fully saturated rings. The Hall–Kier alpha value is -1.15. The smallest absolute Gasteiger partial charge is 0.252 e. The summed E-state index contributed by atoms with van der Waals surface area (Å²) in [5.41, 5.74) is 0.915. The fraction of sp³-hybridized carbons (Fsp3) is 0.438. The summed E-state index contributed by atoms with van der Waals surface area (Å²) in [4.78, 5) is 11.9. The molecule has 24 heavy (non-hydrogen) atoms. The molecule has 1 saturated heterocycles. The summed E-state index contributed by atoms with van der Waals surface area (Å²) in [6.07, 6.45) is -2.69. The first-order chi connectivity index (χ1) is 11.4. The molecule has 0 spiro atoms. The van der Waals surface area contributed by atoms with E-state index in [-0.39, 0.29) is 13.1 Å². The number of carbonyl (C=O) groups excluding carboxylic acids is 1. The highest BCUT2D eigenvalue weighted by Gasteiger charge is 2.45. The number of amides is 1. The molecule has 2 rings (SSSR count). The number of halogens is 2. The van der Waals surface area contributed by atoms with E-state index in [1.54, 1.807) is 12.1 Å². The summed E-state index contributed by atoms with van der Waals surface area (Å²) < 4.78 is 5.47. The van der Waals surface area contributed by atoms with Crippen LogP contribution in [0.25, 0.3) is 0 Å². The van der Waals surface area contributed by atoms with Gasteiger partial charge in [-0.05, 0) is 17.7 Å². The largest absolute Gasteiger partial charge is 0.388 e. The van der Waals surface area contributed by atoms with E-state index in [9.17, 15) is 15.0 Å². The van der Waals surface area contributed by atoms with Crippen molar-refractivity contribution in [3.05, 3.63) is 46.5 Å². The quantitative estimate of drug-likeness (QED) is 0.531. The van der Waals surface area contributed by atoms with E-state index in [0.717, 1.165) is 5.56 Å². The van der Waals surface area contributed by atoms with Gasteiger partial charge < -0.3 is 25.6 Å². The van der Waals surface area contributed by atoms with Crippen LogP contribution in [0, 0.1) is 0 Å². The molecule has 0 aromatic heterocycles. The van der Waals surface area contributed by atoms with E-state index in [0.29, 0.717) is 16.6 Å². The van der Waals surface area contributed by atoms with Crippen molar-refractivity contribution in [1.82, 2.24) is 10.6 Å². The van der Waals surface area contributed by atoms with Crippen molar-refractivity contribution >= 4 is 29.1 Å². The molecule has 1 heterocycles. The van der Waals surface area contributed by atoms with Gasteiger partial charge in [0.1, 0.15) is 12.2 Å². The third-order valence-electron chi connectivity index (χ3n) is 3.70. The van der Waals surface area contributed by atoms with Gasteiger partial charge in [0.2, 0.25) is 0 Å². The molecule has 1 aromatic rings. The van der Waals surface area contributed by atoms with Crippen molar-refractivity contribution in [1.29, 1.82) is 0 Å². The second-order valence-electron chi connectivity index (χ2n) is 5.49. The molecule has 8 heteroatoms. The molecule has 0 saturated carbocycles. The van der Waals surface area contributed by atoms with Gasteiger partial charge in [-0.2, -0.15) is 0 Å². The van der Waals surface area contributed by atoms with Gasteiger partial charge in [-0.3, -0.25) is 4.79 Å². The first-order valence-electron chi connectivity index (χ1n) is 7.49. The predicted octanol–water partition coefficient (Wildman–Crippen LogP) is 0.874. The number of aliphatic hydroxyl groups excluding tert-OH is 2. The zero-order chi connectivity index (χ0) is 17.7. The fourth-order valence-electron chi connectivity index (χ4n) is 2.42. The van der Waals surface area contributed by atoms with Crippen molar-refractivity contribution in [3.8, 4) is 0 Å². The van der Waals surface area contributed by atoms with Gasteiger partial charge in [-0.15, -0.1) is 6.58 Å². The van der Waals surface area contributed by atoms with E-state index >= 15 is 0 Å². The minimum absolute atomic E-state index is 0.266. The third kappa shape index (κ3) is 4.69. The molecule has 1 aromatic carbocycles. The number of carbonyl (C=O) groups is 1. The Morgan fingerprint density at radius 2 is 2.04 bits per heavy atom. The van der Waals surface area contributed by atoms with Crippen molar-refractivity contribution < 1.29 is 19.7 Å². The van der Waals surface area contributed by atoms with Crippen LogP contribution >= 0.6 is 23.2 Å². The molecule has 1 aliphatic heterocycles. The summed E-state index contributed by atoms with van der Waals surface area (Å²) in [5.74, 6) is -0.478. The van der Waals surface area contributed by atoms with Crippen LogP contribution in [-0.4, -0.2) is 53.6 Å². The Bertz CT molecular complexity index is 599. The lowest BCUT2D eigenvalue weighted by molar-refractivity contribution is -0.135. The van der Waals surface area contributed by atoms with E-state index in [2.05, 4.69) is 17.2 Å². The highest BCUT2D eigenvalue weighted by Crippen LogP contribution is 2.23. The maximum absolute atomic E-state index is 11.9. The number of hydrogen-bond acceptors (Lipinski definition) is 5. The lowest BCUT2D eigenvalue weighted by Crippen LogP contribution is -2.43. The van der Waals surface area contributed by atoms with Gasteiger partial charge in [0.15, 0.2) is 6.10 Å². The number of benzene rings is 1. The van der Waals surface area contributed by atoms with Crippen LogP contribution in [-0.2, 0) is 16.1 Å². The van der Waals surface area contributed by atoms with Gasteiger partial charge in [-0.25, -0.2) is 0 Å². The van der Waals surface area contributed by atoms with Crippen LogP contribution < -0.4 is 10.6 Å². The first-order valence-corrected chi connectivity index (χ1v) is 8.24. The van der Waals surface area contributed by atoms with Crippen LogP contribution in [0.15, 0.2) is 30.9 Å². The summed E-state index contributed by atoms with van der Waals surface area (Å²) in [5, 5.41) is 26.6.